The number of nitrogen functional groups attached to an aromatic ring is 1. The molecule has 0 radical (unpaired) electrons. The minimum absolute atomic E-state index is 0.0396. The van der Waals surface area contributed by atoms with Crippen LogP contribution in [0.4, 0.5) is 5.82 Å². The van der Waals surface area contributed by atoms with E-state index >= 15 is 0 Å². The minimum atomic E-state index is -6.13. The van der Waals surface area contributed by atoms with E-state index in [2.05, 4.69) is 28.2 Å². The van der Waals surface area contributed by atoms with Crippen LogP contribution >= 0.6 is 23.5 Å². The van der Waals surface area contributed by atoms with Gasteiger partial charge in [-0.1, -0.05) is 0 Å². The van der Waals surface area contributed by atoms with Gasteiger partial charge in [-0.05, 0) is 6.92 Å². The van der Waals surface area contributed by atoms with Crippen molar-refractivity contribution in [3.05, 3.63) is 18.2 Å². The number of fused-ring (bicyclic) bond motifs is 1. The number of ether oxygens (including phenoxy) is 1. The standard InChI is InChI=1S/C11H19N6O12P3/c1-11(13)7(18)6(3-26-31(22,23)29-32(24,25)28-30(19,20)21)27-8(11)5-2-14-10-9(12)15-4-16-17(5)10/h2,4,6-8,18H,3,13H2,1H3,(H,22,23)(H,24,25)(H2,12,15,16)(H2,19,20,21)/p-4/t6-,7-,8+,11-/m1/s1. The van der Waals surface area contributed by atoms with Crippen LogP contribution in [0.5, 0.6) is 0 Å². The van der Waals surface area contributed by atoms with Gasteiger partial charge >= 0.3 is 0 Å². The maximum atomic E-state index is 11.7. The van der Waals surface area contributed by atoms with Gasteiger partial charge in [0, 0.05) is 0 Å². The third-order valence-corrected chi connectivity index (χ3v) is 7.95. The van der Waals surface area contributed by atoms with Crippen LogP contribution in [-0.4, -0.2) is 49.0 Å². The summed E-state index contributed by atoms with van der Waals surface area (Å²) in [5.41, 5.74) is 10.7. The third-order valence-electron chi connectivity index (χ3n) is 4.29. The molecule has 18 nitrogen and oxygen atoms in total. The highest BCUT2D eigenvalue weighted by Crippen LogP contribution is 2.60. The first-order chi connectivity index (χ1) is 14.5. The average molecular weight is 516 g/mol. The van der Waals surface area contributed by atoms with E-state index < -0.39 is 53.9 Å². The number of imidazole rings is 1. The van der Waals surface area contributed by atoms with E-state index in [-0.39, 0.29) is 17.2 Å². The van der Waals surface area contributed by atoms with E-state index in [1.54, 1.807) is 0 Å². The Kier molecular flexibility index (Phi) is 6.67. The highest BCUT2D eigenvalue weighted by molar-refractivity contribution is 7.64. The lowest BCUT2D eigenvalue weighted by molar-refractivity contribution is -0.339. The maximum absolute atomic E-state index is 11.7. The molecule has 21 heteroatoms. The number of phosphoric ester groups is 1. The van der Waals surface area contributed by atoms with Gasteiger partial charge in [-0.2, -0.15) is 5.10 Å². The Labute approximate surface area is 178 Å². The van der Waals surface area contributed by atoms with Crippen LogP contribution in [0.1, 0.15) is 18.7 Å². The van der Waals surface area contributed by atoms with E-state index in [1.807, 2.05) is 0 Å². The fourth-order valence-corrected chi connectivity index (χ4v) is 5.81. The Morgan fingerprint density at radius 2 is 1.88 bits per heavy atom. The van der Waals surface area contributed by atoms with Gasteiger partial charge in [0.1, 0.15) is 24.6 Å². The molecule has 180 valence electrons. The smallest absolute Gasteiger partial charge is 0.278 e. The number of nitrogens with zero attached hydrogens (tertiary/aromatic N) is 4. The second-order valence-corrected chi connectivity index (χ2v) is 11.0. The van der Waals surface area contributed by atoms with Crippen LogP contribution in [0.2, 0.25) is 0 Å². The fraction of sp³-hybridized carbons (Fsp3) is 0.545. The molecule has 0 saturated carbocycles. The van der Waals surface area contributed by atoms with Crippen molar-refractivity contribution in [2.24, 2.45) is 5.73 Å². The Morgan fingerprint density at radius 3 is 2.50 bits per heavy atom. The zero-order chi connectivity index (χ0) is 24.1. The highest BCUT2D eigenvalue weighted by atomic mass is 31.3. The molecule has 2 aromatic heterocycles. The van der Waals surface area contributed by atoms with E-state index in [0.717, 1.165) is 6.33 Å². The Morgan fingerprint density at radius 1 is 1.22 bits per heavy atom. The largest absolute Gasteiger partial charge is 0.790 e. The Balaban J connectivity index is 1.74. The van der Waals surface area contributed by atoms with E-state index in [9.17, 15) is 38.4 Å². The molecule has 1 fully saturated rings. The van der Waals surface area contributed by atoms with Crippen LogP contribution in [0.25, 0.3) is 5.65 Å². The van der Waals surface area contributed by atoms with Crippen molar-refractivity contribution in [3.8, 4) is 0 Å². The summed E-state index contributed by atoms with van der Waals surface area (Å²) in [5, 5.41) is 14.4. The van der Waals surface area contributed by atoms with Crippen molar-refractivity contribution in [2.75, 3.05) is 12.3 Å². The lowest BCUT2D eigenvalue weighted by Crippen LogP contribution is -2.51. The first kappa shape index (κ1) is 25.3. The SMILES string of the molecule is C[C@@]1(N)[C@H](O)[C@@H](COP(=O)([O-])OP(=O)([O-])OP(=O)([O-])[O-])O[C@H]1c1cnc2c(N)ncnn12. The number of rotatable bonds is 8. The van der Waals surface area contributed by atoms with E-state index in [4.69, 9.17) is 16.2 Å². The maximum Gasteiger partial charge on any atom is 0.278 e. The third kappa shape index (κ3) is 5.40. The molecule has 3 rings (SSSR count). The number of hydrogen-bond acceptors (Lipinski definition) is 17. The summed E-state index contributed by atoms with van der Waals surface area (Å²) in [6, 6.07) is 0. The lowest BCUT2D eigenvalue weighted by Gasteiger charge is -2.37. The van der Waals surface area contributed by atoms with Crippen LogP contribution in [0.3, 0.4) is 0 Å². The monoisotopic (exact) mass is 516 g/mol. The van der Waals surface area contributed by atoms with E-state index in [1.165, 1.54) is 17.6 Å². The second kappa shape index (κ2) is 8.45. The molecule has 32 heavy (non-hydrogen) atoms. The summed E-state index contributed by atoms with van der Waals surface area (Å²) in [7, 11) is -18.0. The van der Waals surface area contributed by atoms with Crippen molar-refractivity contribution < 1.29 is 56.3 Å². The summed E-state index contributed by atoms with van der Waals surface area (Å²) < 4.78 is 50.9. The summed E-state index contributed by atoms with van der Waals surface area (Å²) in [5.74, 6) is 0.0396. The first-order valence-electron chi connectivity index (χ1n) is 8.30. The molecule has 0 amide bonds. The molecule has 0 bridgehead atoms. The number of aliphatic hydroxyl groups excluding tert-OH is 1. The van der Waals surface area contributed by atoms with Crippen molar-refractivity contribution >= 4 is 34.9 Å². The van der Waals surface area contributed by atoms with Gasteiger partial charge < -0.3 is 50.0 Å². The topological polar surface area (TPSA) is 296 Å². The molecule has 1 saturated heterocycles. The molecular weight excluding hydrogens is 501 g/mol. The predicted molar refractivity (Wildman–Crippen MR) is 92.3 cm³/mol. The predicted octanol–water partition coefficient (Wildman–Crippen LogP) is -3.96. The van der Waals surface area contributed by atoms with Gasteiger partial charge in [0.2, 0.25) is 0 Å². The van der Waals surface area contributed by atoms with Crippen molar-refractivity contribution in [3.63, 3.8) is 0 Å². The number of aromatic nitrogens is 4. The minimum Gasteiger partial charge on any atom is -0.790 e. The van der Waals surface area contributed by atoms with Crippen LogP contribution < -0.4 is 31.0 Å². The number of hydrogen-bond donors (Lipinski definition) is 3. The number of aliphatic hydroxyl groups is 1. The average Bonchev–Trinajstić information content (AvgIpc) is 3.11. The molecular formula is C11H15N6O12P3-4. The molecule has 0 aliphatic carbocycles. The fourth-order valence-electron chi connectivity index (χ4n) is 2.95. The summed E-state index contributed by atoms with van der Waals surface area (Å²) in [6.45, 7) is 0.366. The molecule has 6 atom stereocenters. The van der Waals surface area contributed by atoms with Gasteiger partial charge in [0.15, 0.2) is 11.5 Å². The lowest BCUT2D eigenvalue weighted by atomic mass is 9.88. The summed E-state index contributed by atoms with van der Waals surface area (Å²) in [6.07, 6.45) is -1.70. The summed E-state index contributed by atoms with van der Waals surface area (Å²) in [4.78, 5) is 51.4. The number of anilines is 1. The van der Waals surface area contributed by atoms with Gasteiger partial charge in [-0.15, -0.1) is 0 Å². The molecule has 1 aliphatic rings. The number of nitrogens with two attached hydrogens (primary N) is 2. The Bertz CT molecular complexity index is 1150. The highest BCUT2D eigenvalue weighted by Gasteiger charge is 2.52. The molecule has 2 aromatic rings. The van der Waals surface area contributed by atoms with Crippen molar-refractivity contribution in [1.82, 2.24) is 19.6 Å². The van der Waals surface area contributed by atoms with Crippen LogP contribution in [-0.2, 0) is 31.6 Å². The molecule has 1 aliphatic heterocycles. The van der Waals surface area contributed by atoms with Crippen LogP contribution in [0.15, 0.2) is 12.5 Å². The van der Waals surface area contributed by atoms with Crippen LogP contribution in [0, 0.1) is 0 Å². The van der Waals surface area contributed by atoms with Crippen molar-refractivity contribution in [2.45, 2.75) is 30.8 Å². The zero-order valence-corrected chi connectivity index (χ0v) is 18.5. The molecule has 5 N–H and O–H groups in total. The normalized spacial score (nSPS) is 30.3. The molecule has 3 heterocycles. The Hall–Kier alpha value is -1.36. The van der Waals surface area contributed by atoms with Gasteiger partial charge in [-0.3, -0.25) is 13.4 Å². The zero-order valence-electron chi connectivity index (χ0n) is 15.8. The second-order valence-electron chi connectivity index (χ2n) is 6.73. The summed E-state index contributed by atoms with van der Waals surface area (Å²) >= 11 is 0. The first-order valence-corrected chi connectivity index (χ1v) is 12.7. The van der Waals surface area contributed by atoms with Crippen molar-refractivity contribution in [1.29, 1.82) is 0 Å². The quantitative estimate of drug-likeness (QED) is 0.282. The van der Waals surface area contributed by atoms with Gasteiger partial charge in [0.05, 0.1) is 31.9 Å². The van der Waals surface area contributed by atoms with Gasteiger partial charge in [0.25, 0.3) is 15.6 Å². The molecule has 2 unspecified atom stereocenters. The molecule has 0 spiro atoms. The van der Waals surface area contributed by atoms with Gasteiger partial charge in [-0.25, -0.2) is 18.8 Å². The van der Waals surface area contributed by atoms with E-state index in [0.29, 0.717) is 0 Å². The number of phosphoric acid groups is 3. The molecule has 0 aromatic carbocycles.